The number of piperidine rings is 1. The predicted octanol–water partition coefficient (Wildman–Crippen LogP) is 0.683. The number of rotatable bonds is 6. The first-order valence-corrected chi connectivity index (χ1v) is 8.00. The van der Waals surface area contributed by atoms with E-state index in [9.17, 15) is 0 Å². The quantitative estimate of drug-likeness (QED) is 0.769. The Morgan fingerprint density at radius 2 is 1.84 bits per heavy atom. The Labute approximate surface area is 118 Å². The Balaban J connectivity index is 1.62. The maximum absolute atomic E-state index is 5.79. The molecule has 2 rings (SSSR count). The average molecular weight is 268 g/mol. The lowest BCUT2D eigenvalue weighted by molar-refractivity contribution is 0.121. The molecule has 0 aromatic heterocycles. The summed E-state index contributed by atoms with van der Waals surface area (Å²) in [6.45, 7) is 8.49. The Morgan fingerprint density at radius 3 is 2.42 bits per heavy atom. The van der Waals surface area contributed by atoms with E-state index in [4.69, 9.17) is 5.73 Å². The fourth-order valence-corrected chi connectivity index (χ4v) is 3.51. The van der Waals surface area contributed by atoms with Crippen molar-refractivity contribution in [3.05, 3.63) is 0 Å². The second kappa shape index (κ2) is 7.58. The standard InChI is InChI=1S/C15H32N4/c1-17(2)7-3-8-18-9-5-15(6-10-18)19-11-4-14(12-16)13-19/h14-15H,3-13,16H2,1-2H3. The van der Waals surface area contributed by atoms with Crippen LogP contribution < -0.4 is 5.73 Å². The summed E-state index contributed by atoms with van der Waals surface area (Å²) in [6, 6.07) is 0.835. The smallest absolute Gasteiger partial charge is 0.0120 e. The van der Waals surface area contributed by atoms with Crippen molar-refractivity contribution in [2.75, 3.05) is 59.9 Å². The van der Waals surface area contributed by atoms with Crippen LogP contribution in [0.5, 0.6) is 0 Å². The van der Waals surface area contributed by atoms with Crippen LogP contribution in [0.2, 0.25) is 0 Å². The molecule has 4 heteroatoms. The third kappa shape index (κ3) is 4.71. The molecule has 19 heavy (non-hydrogen) atoms. The molecule has 0 spiro atoms. The zero-order valence-electron chi connectivity index (χ0n) is 12.9. The lowest BCUT2D eigenvalue weighted by Gasteiger charge is -2.37. The van der Waals surface area contributed by atoms with Gasteiger partial charge in [0.2, 0.25) is 0 Å². The monoisotopic (exact) mass is 268 g/mol. The van der Waals surface area contributed by atoms with Crippen molar-refractivity contribution >= 4 is 0 Å². The molecular formula is C15H32N4. The maximum atomic E-state index is 5.79. The molecular weight excluding hydrogens is 236 g/mol. The average Bonchev–Trinajstić information content (AvgIpc) is 2.88. The summed E-state index contributed by atoms with van der Waals surface area (Å²) in [6.07, 6.45) is 5.34. The van der Waals surface area contributed by atoms with Gasteiger partial charge < -0.3 is 15.5 Å². The normalized spacial score (nSPS) is 27.5. The second-order valence-electron chi connectivity index (χ2n) is 6.61. The van der Waals surface area contributed by atoms with Crippen molar-refractivity contribution in [3.8, 4) is 0 Å². The van der Waals surface area contributed by atoms with Gasteiger partial charge in [-0.15, -0.1) is 0 Å². The van der Waals surface area contributed by atoms with Crippen LogP contribution in [-0.4, -0.2) is 80.7 Å². The summed E-state index contributed by atoms with van der Waals surface area (Å²) < 4.78 is 0. The van der Waals surface area contributed by atoms with Crippen LogP contribution >= 0.6 is 0 Å². The highest BCUT2D eigenvalue weighted by molar-refractivity contribution is 4.85. The number of likely N-dealkylation sites (tertiary alicyclic amines) is 2. The van der Waals surface area contributed by atoms with Gasteiger partial charge in [-0.25, -0.2) is 0 Å². The minimum Gasteiger partial charge on any atom is -0.330 e. The van der Waals surface area contributed by atoms with E-state index in [1.54, 1.807) is 0 Å². The van der Waals surface area contributed by atoms with Crippen molar-refractivity contribution in [2.24, 2.45) is 11.7 Å². The van der Waals surface area contributed by atoms with E-state index in [-0.39, 0.29) is 0 Å². The molecule has 0 amide bonds. The van der Waals surface area contributed by atoms with E-state index >= 15 is 0 Å². The van der Waals surface area contributed by atoms with Crippen LogP contribution in [0.3, 0.4) is 0 Å². The van der Waals surface area contributed by atoms with Gasteiger partial charge in [-0.2, -0.15) is 0 Å². The summed E-state index contributed by atoms with van der Waals surface area (Å²) in [5.74, 6) is 0.762. The number of nitrogens with two attached hydrogens (primary N) is 1. The van der Waals surface area contributed by atoms with E-state index in [1.165, 1.54) is 65.0 Å². The molecule has 0 aromatic carbocycles. The molecule has 0 saturated carbocycles. The van der Waals surface area contributed by atoms with Gasteiger partial charge in [0.15, 0.2) is 0 Å². The van der Waals surface area contributed by atoms with E-state index in [2.05, 4.69) is 28.8 Å². The van der Waals surface area contributed by atoms with E-state index < -0.39 is 0 Å². The molecule has 2 N–H and O–H groups in total. The van der Waals surface area contributed by atoms with Crippen molar-refractivity contribution in [1.82, 2.24) is 14.7 Å². The van der Waals surface area contributed by atoms with Gasteiger partial charge in [0.1, 0.15) is 0 Å². The molecule has 2 fully saturated rings. The summed E-state index contributed by atoms with van der Waals surface area (Å²) in [5.41, 5.74) is 5.79. The Hall–Kier alpha value is -0.160. The Kier molecular flexibility index (Phi) is 6.07. The summed E-state index contributed by atoms with van der Waals surface area (Å²) in [5, 5.41) is 0. The molecule has 0 bridgehead atoms. The van der Waals surface area contributed by atoms with Gasteiger partial charge in [0, 0.05) is 12.6 Å². The highest BCUT2D eigenvalue weighted by Gasteiger charge is 2.29. The fourth-order valence-electron chi connectivity index (χ4n) is 3.51. The van der Waals surface area contributed by atoms with Crippen molar-refractivity contribution in [2.45, 2.75) is 31.7 Å². The topological polar surface area (TPSA) is 35.7 Å². The van der Waals surface area contributed by atoms with Gasteiger partial charge in [-0.3, -0.25) is 4.90 Å². The lowest BCUT2D eigenvalue weighted by atomic mass is 10.0. The molecule has 4 nitrogen and oxygen atoms in total. The number of nitrogens with zero attached hydrogens (tertiary/aromatic N) is 3. The third-order valence-corrected chi connectivity index (χ3v) is 4.80. The van der Waals surface area contributed by atoms with Crippen LogP contribution in [0, 0.1) is 5.92 Å². The van der Waals surface area contributed by atoms with Gasteiger partial charge in [0.05, 0.1) is 0 Å². The zero-order chi connectivity index (χ0) is 13.7. The third-order valence-electron chi connectivity index (χ3n) is 4.80. The summed E-state index contributed by atoms with van der Waals surface area (Å²) in [4.78, 5) is 7.63. The van der Waals surface area contributed by atoms with Crippen molar-refractivity contribution in [1.29, 1.82) is 0 Å². The summed E-state index contributed by atoms with van der Waals surface area (Å²) in [7, 11) is 4.32. The van der Waals surface area contributed by atoms with Crippen LogP contribution in [0.15, 0.2) is 0 Å². The lowest BCUT2D eigenvalue weighted by Crippen LogP contribution is -2.44. The number of hydrogen-bond acceptors (Lipinski definition) is 4. The minimum absolute atomic E-state index is 0.762. The molecule has 0 aromatic rings. The van der Waals surface area contributed by atoms with Crippen LogP contribution in [0.1, 0.15) is 25.7 Å². The zero-order valence-corrected chi connectivity index (χ0v) is 12.9. The van der Waals surface area contributed by atoms with E-state index in [0.717, 1.165) is 18.5 Å². The second-order valence-corrected chi connectivity index (χ2v) is 6.61. The highest BCUT2D eigenvalue weighted by Crippen LogP contribution is 2.23. The minimum atomic E-state index is 0.762. The number of hydrogen-bond donors (Lipinski definition) is 1. The molecule has 2 heterocycles. The molecule has 2 aliphatic rings. The molecule has 112 valence electrons. The first kappa shape index (κ1) is 15.2. The SMILES string of the molecule is CN(C)CCCN1CCC(N2CCC(CN)C2)CC1. The van der Waals surface area contributed by atoms with Gasteiger partial charge in [-0.05, 0) is 85.0 Å². The van der Waals surface area contributed by atoms with E-state index in [0.29, 0.717) is 0 Å². The molecule has 0 aliphatic carbocycles. The molecule has 2 aliphatic heterocycles. The van der Waals surface area contributed by atoms with Gasteiger partial charge >= 0.3 is 0 Å². The Bertz CT molecular complexity index is 249. The van der Waals surface area contributed by atoms with Crippen molar-refractivity contribution in [3.63, 3.8) is 0 Å². The van der Waals surface area contributed by atoms with Crippen LogP contribution in [-0.2, 0) is 0 Å². The maximum Gasteiger partial charge on any atom is 0.0120 e. The van der Waals surface area contributed by atoms with E-state index in [1.807, 2.05) is 0 Å². The molecule has 1 atom stereocenters. The van der Waals surface area contributed by atoms with Crippen LogP contribution in [0.25, 0.3) is 0 Å². The highest BCUT2D eigenvalue weighted by atomic mass is 15.2. The predicted molar refractivity (Wildman–Crippen MR) is 81.4 cm³/mol. The van der Waals surface area contributed by atoms with Gasteiger partial charge in [0.25, 0.3) is 0 Å². The first-order chi connectivity index (χ1) is 9.19. The first-order valence-electron chi connectivity index (χ1n) is 8.00. The van der Waals surface area contributed by atoms with Crippen LogP contribution in [0.4, 0.5) is 0 Å². The summed E-state index contributed by atoms with van der Waals surface area (Å²) >= 11 is 0. The van der Waals surface area contributed by atoms with Gasteiger partial charge in [-0.1, -0.05) is 0 Å². The molecule has 1 unspecified atom stereocenters. The molecule has 0 radical (unpaired) electrons. The van der Waals surface area contributed by atoms with Crippen molar-refractivity contribution < 1.29 is 0 Å². The fraction of sp³-hybridized carbons (Fsp3) is 1.00. The Morgan fingerprint density at radius 1 is 1.11 bits per heavy atom. The molecule has 2 saturated heterocycles. The largest absolute Gasteiger partial charge is 0.330 e.